The zero-order valence-electron chi connectivity index (χ0n) is 16.9. The number of aromatic nitrogens is 2. The van der Waals surface area contributed by atoms with Gasteiger partial charge in [0.15, 0.2) is 0 Å². The van der Waals surface area contributed by atoms with Crippen molar-refractivity contribution >= 4 is 29.1 Å². The van der Waals surface area contributed by atoms with Crippen LogP contribution in [-0.2, 0) is 11.3 Å². The number of hydrogen-bond donors (Lipinski definition) is 2. The summed E-state index contributed by atoms with van der Waals surface area (Å²) in [7, 11) is 0. The van der Waals surface area contributed by atoms with Gasteiger partial charge in [0.1, 0.15) is 0 Å². The second kappa shape index (κ2) is 9.76. The first-order valence-electron chi connectivity index (χ1n) is 10.2. The fraction of sp³-hybridized carbons (Fsp3) is 0.261. The highest BCUT2D eigenvalue weighted by Gasteiger charge is 2.19. The van der Waals surface area contributed by atoms with E-state index in [2.05, 4.69) is 15.7 Å². The third-order valence-electron chi connectivity index (χ3n) is 5.12. The summed E-state index contributed by atoms with van der Waals surface area (Å²) in [5, 5.41) is 10.6. The number of benzene rings is 2. The van der Waals surface area contributed by atoms with Gasteiger partial charge >= 0.3 is 0 Å². The minimum Gasteiger partial charge on any atom is -0.376 e. The van der Waals surface area contributed by atoms with E-state index < -0.39 is 0 Å². The Hall–Kier alpha value is -3.16. The summed E-state index contributed by atoms with van der Waals surface area (Å²) in [6, 6.07) is 14.4. The van der Waals surface area contributed by atoms with Gasteiger partial charge in [0.05, 0.1) is 35.7 Å². The molecular formula is C23H23ClN4O3. The highest BCUT2D eigenvalue weighted by Crippen LogP contribution is 2.18. The van der Waals surface area contributed by atoms with Crippen LogP contribution in [0.3, 0.4) is 0 Å². The van der Waals surface area contributed by atoms with Crippen molar-refractivity contribution in [3.05, 3.63) is 82.6 Å². The van der Waals surface area contributed by atoms with Gasteiger partial charge in [-0.05, 0) is 36.6 Å². The molecule has 4 rings (SSSR count). The molecule has 3 aromatic rings. The zero-order valence-corrected chi connectivity index (χ0v) is 17.6. The molecule has 2 aromatic carbocycles. The molecule has 0 saturated carbocycles. The smallest absolute Gasteiger partial charge is 0.258 e. The molecule has 0 bridgehead atoms. The van der Waals surface area contributed by atoms with Crippen molar-refractivity contribution in [2.24, 2.45) is 0 Å². The maximum absolute atomic E-state index is 12.7. The molecular weight excluding hydrogens is 416 g/mol. The van der Waals surface area contributed by atoms with Crippen molar-refractivity contribution < 1.29 is 14.3 Å². The summed E-state index contributed by atoms with van der Waals surface area (Å²) >= 11 is 6.20. The number of nitrogens with one attached hydrogen (secondary N) is 2. The van der Waals surface area contributed by atoms with E-state index in [0.717, 1.165) is 25.0 Å². The summed E-state index contributed by atoms with van der Waals surface area (Å²) < 4.78 is 7.19. The molecule has 1 aromatic heterocycles. The maximum atomic E-state index is 12.7. The predicted octanol–water partition coefficient (Wildman–Crippen LogP) is 3.75. The topological polar surface area (TPSA) is 85.2 Å². The van der Waals surface area contributed by atoms with Gasteiger partial charge in [0, 0.05) is 24.4 Å². The molecule has 2 N–H and O–H groups in total. The van der Waals surface area contributed by atoms with Crippen LogP contribution in [0.15, 0.2) is 60.9 Å². The number of halogens is 1. The van der Waals surface area contributed by atoms with Crippen molar-refractivity contribution in [2.45, 2.75) is 25.5 Å². The van der Waals surface area contributed by atoms with Crippen molar-refractivity contribution in [1.82, 2.24) is 15.1 Å². The van der Waals surface area contributed by atoms with Crippen molar-refractivity contribution in [1.29, 1.82) is 0 Å². The Kier molecular flexibility index (Phi) is 6.64. The van der Waals surface area contributed by atoms with Gasteiger partial charge in [-0.2, -0.15) is 5.10 Å². The van der Waals surface area contributed by atoms with E-state index >= 15 is 0 Å². The number of ether oxygens (including phenoxy) is 1. The Morgan fingerprint density at radius 2 is 1.94 bits per heavy atom. The lowest BCUT2D eigenvalue weighted by Gasteiger charge is -2.13. The van der Waals surface area contributed by atoms with Crippen LogP contribution in [0, 0.1) is 0 Å². The van der Waals surface area contributed by atoms with Gasteiger partial charge in [-0.15, -0.1) is 0 Å². The lowest BCUT2D eigenvalue weighted by Crippen LogP contribution is -2.32. The highest BCUT2D eigenvalue weighted by atomic mass is 35.5. The number of anilines is 1. The van der Waals surface area contributed by atoms with E-state index in [1.54, 1.807) is 35.1 Å². The fourth-order valence-electron chi connectivity index (χ4n) is 3.46. The number of nitrogens with zero attached hydrogens (tertiary/aromatic N) is 2. The lowest BCUT2D eigenvalue weighted by molar-refractivity contribution is 0.0858. The summed E-state index contributed by atoms with van der Waals surface area (Å²) in [6.07, 6.45) is 5.15. The quantitative estimate of drug-likeness (QED) is 0.588. The SMILES string of the molecule is O=C(Nc1ccccc1C(=O)NCC1CCCO1)c1cnn(Cc2ccccc2Cl)c1. The van der Waals surface area contributed by atoms with Crippen molar-refractivity contribution in [2.75, 3.05) is 18.5 Å². The molecule has 2 amide bonds. The van der Waals surface area contributed by atoms with Crippen molar-refractivity contribution in [3.8, 4) is 0 Å². The standard InChI is InChI=1S/C23H23ClN4O3/c24-20-9-3-1-6-16(20)14-28-15-17(12-26-28)22(29)27-21-10-4-2-8-19(21)23(30)25-13-18-7-5-11-31-18/h1-4,6,8-10,12,15,18H,5,7,11,13-14H2,(H,25,30)(H,27,29). The summed E-state index contributed by atoms with van der Waals surface area (Å²) in [5.74, 6) is -0.592. The van der Waals surface area contributed by atoms with Gasteiger partial charge in [-0.25, -0.2) is 0 Å². The van der Waals surface area contributed by atoms with E-state index in [4.69, 9.17) is 16.3 Å². The molecule has 160 valence electrons. The highest BCUT2D eigenvalue weighted by molar-refractivity contribution is 6.31. The number of para-hydroxylation sites is 1. The number of carbonyl (C=O) groups is 2. The molecule has 31 heavy (non-hydrogen) atoms. The first-order valence-corrected chi connectivity index (χ1v) is 10.5. The molecule has 0 radical (unpaired) electrons. The van der Waals surface area contributed by atoms with Crippen LogP contribution in [-0.4, -0.2) is 40.9 Å². The van der Waals surface area contributed by atoms with E-state index in [1.807, 2.05) is 24.3 Å². The van der Waals surface area contributed by atoms with E-state index in [1.165, 1.54) is 6.20 Å². The summed E-state index contributed by atoms with van der Waals surface area (Å²) in [4.78, 5) is 25.4. The van der Waals surface area contributed by atoms with Gasteiger partial charge in [0.25, 0.3) is 11.8 Å². The van der Waals surface area contributed by atoms with Crippen LogP contribution in [0.25, 0.3) is 0 Å². The third-order valence-corrected chi connectivity index (χ3v) is 5.49. The number of rotatable bonds is 7. The largest absolute Gasteiger partial charge is 0.376 e. The van der Waals surface area contributed by atoms with Gasteiger partial charge in [-0.3, -0.25) is 14.3 Å². The Balaban J connectivity index is 1.41. The second-order valence-corrected chi connectivity index (χ2v) is 7.77. The molecule has 1 unspecified atom stereocenters. The van der Waals surface area contributed by atoms with Crippen LogP contribution in [0.2, 0.25) is 5.02 Å². The Morgan fingerprint density at radius 3 is 2.74 bits per heavy atom. The average molecular weight is 439 g/mol. The average Bonchev–Trinajstić information content (AvgIpc) is 3.46. The van der Waals surface area contributed by atoms with Crippen LogP contribution in [0.4, 0.5) is 5.69 Å². The van der Waals surface area contributed by atoms with Crippen LogP contribution >= 0.6 is 11.6 Å². The Labute approximate surface area is 185 Å². The number of hydrogen-bond acceptors (Lipinski definition) is 4. The minimum absolute atomic E-state index is 0.0506. The Bertz CT molecular complexity index is 1080. The van der Waals surface area contributed by atoms with Crippen LogP contribution < -0.4 is 10.6 Å². The molecule has 8 heteroatoms. The third kappa shape index (κ3) is 5.31. The lowest BCUT2D eigenvalue weighted by atomic mass is 10.1. The molecule has 1 saturated heterocycles. The molecule has 2 heterocycles. The molecule has 0 aliphatic carbocycles. The van der Waals surface area contributed by atoms with Crippen LogP contribution in [0.1, 0.15) is 39.1 Å². The Morgan fingerprint density at radius 1 is 1.13 bits per heavy atom. The molecule has 0 spiro atoms. The summed E-state index contributed by atoms with van der Waals surface area (Å²) in [5.41, 5.74) is 2.14. The van der Waals surface area contributed by atoms with E-state index in [-0.39, 0.29) is 17.9 Å². The van der Waals surface area contributed by atoms with Gasteiger partial charge < -0.3 is 15.4 Å². The minimum atomic E-state index is -0.343. The zero-order chi connectivity index (χ0) is 21.6. The monoisotopic (exact) mass is 438 g/mol. The fourth-order valence-corrected chi connectivity index (χ4v) is 3.66. The molecule has 7 nitrogen and oxygen atoms in total. The normalized spacial score (nSPS) is 15.6. The van der Waals surface area contributed by atoms with E-state index in [9.17, 15) is 9.59 Å². The summed E-state index contributed by atoms with van der Waals surface area (Å²) in [6.45, 7) is 1.64. The molecule has 1 aliphatic heterocycles. The first kappa shape index (κ1) is 21.1. The second-order valence-electron chi connectivity index (χ2n) is 7.36. The number of carbonyl (C=O) groups excluding carboxylic acids is 2. The first-order chi connectivity index (χ1) is 15.1. The number of amides is 2. The van der Waals surface area contributed by atoms with Crippen LogP contribution in [0.5, 0.6) is 0 Å². The maximum Gasteiger partial charge on any atom is 0.258 e. The molecule has 1 atom stereocenters. The molecule has 1 fully saturated rings. The molecule has 1 aliphatic rings. The predicted molar refractivity (Wildman–Crippen MR) is 118 cm³/mol. The van der Waals surface area contributed by atoms with Gasteiger partial charge in [-0.1, -0.05) is 41.9 Å². The van der Waals surface area contributed by atoms with Crippen molar-refractivity contribution in [3.63, 3.8) is 0 Å². The van der Waals surface area contributed by atoms with Gasteiger partial charge in [0.2, 0.25) is 0 Å². The van der Waals surface area contributed by atoms with E-state index in [0.29, 0.717) is 34.9 Å².